The number of benzene rings is 1. The van der Waals surface area contributed by atoms with Gasteiger partial charge in [0.15, 0.2) is 0 Å². The average Bonchev–Trinajstić information content (AvgIpc) is 3.00. The highest BCUT2D eigenvalue weighted by molar-refractivity contribution is 5.78. The van der Waals surface area contributed by atoms with Crippen LogP contribution in [0.15, 0.2) is 107 Å². The molecule has 0 spiro atoms. The van der Waals surface area contributed by atoms with E-state index < -0.39 is 11.5 Å². The van der Waals surface area contributed by atoms with E-state index in [1.165, 1.54) is 23.6 Å². The predicted octanol–water partition coefficient (Wildman–Crippen LogP) is 5.29. The number of ether oxygens (including phenoxy) is 1. The van der Waals surface area contributed by atoms with Crippen molar-refractivity contribution in [1.82, 2.24) is 14.1 Å². The Morgan fingerprint density at radius 1 is 0.810 bits per heavy atom. The lowest BCUT2D eigenvalue weighted by Crippen LogP contribution is -2.53. The van der Waals surface area contributed by atoms with Crippen molar-refractivity contribution in [2.24, 2.45) is 0 Å². The first kappa shape index (κ1) is 27.4. The second-order valence-electron chi connectivity index (χ2n) is 10.9. The maximum absolute atomic E-state index is 14.3. The molecule has 2 aromatic heterocycles. The number of pyridine rings is 1. The first-order valence-corrected chi connectivity index (χ1v) is 14.5. The van der Waals surface area contributed by atoms with Gasteiger partial charge in [0, 0.05) is 30.0 Å². The Labute approximate surface area is 244 Å². The van der Waals surface area contributed by atoms with Gasteiger partial charge in [0.2, 0.25) is 0 Å². The molecule has 2 fully saturated rings. The van der Waals surface area contributed by atoms with E-state index in [2.05, 4.69) is 34.1 Å². The summed E-state index contributed by atoms with van der Waals surface area (Å²) in [6.07, 6.45) is 6.42. The van der Waals surface area contributed by atoms with Gasteiger partial charge in [0.05, 0.1) is 23.7 Å². The molecule has 4 heterocycles. The fourth-order valence-electron chi connectivity index (χ4n) is 6.58. The molecule has 0 aliphatic carbocycles. The zero-order valence-electron chi connectivity index (χ0n) is 23.6. The third-order valence-electron chi connectivity index (χ3n) is 8.41. The van der Waals surface area contributed by atoms with Gasteiger partial charge in [-0.05, 0) is 68.5 Å². The van der Waals surface area contributed by atoms with Crippen LogP contribution in [0.4, 0.5) is 5.69 Å². The molecule has 2 bridgehead atoms. The van der Waals surface area contributed by atoms with Crippen LogP contribution in [0.3, 0.4) is 0 Å². The summed E-state index contributed by atoms with van der Waals surface area (Å²) in [6.45, 7) is -0.238. The number of carbonyl (C=O) groups excluding carboxylic acids is 1. The van der Waals surface area contributed by atoms with Crippen LogP contribution in [0.2, 0.25) is 0 Å². The van der Waals surface area contributed by atoms with Crippen LogP contribution in [0.1, 0.15) is 38.1 Å². The van der Waals surface area contributed by atoms with E-state index in [9.17, 15) is 14.4 Å². The summed E-state index contributed by atoms with van der Waals surface area (Å²) in [4.78, 5) is 46.8. The molecule has 0 amide bonds. The highest BCUT2D eigenvalue weighted by atomic mass is 16.5. The number of methoxy groups -OCH3 is 1. The number of carbonyl (C=O) groups is 1. The molecular formula is C34H34N4O4. The summed E-state index contributed by atoms with van der Waals surface area (Å²) < 4.78 is 7.88. The molecule has 2 aromatic carbocycles. The van der Waals surface area contributed by atoms with Crippen molar-refractivity contribution in [2.75, 3.05) is 12.0 Å². The lowest BCUT2D eigenvalue weighted by atomic mass is 9.81. The maximum Gasteiger partial charge on any atom is 0.325 e. The smallest absolute Gasteiger partial charge is 0.325 e. The van der Waals surface area contributed by atoms with Crippen LogP contribution in [0.5, 0.6) is 0 Å². The topological polar surface area (TPSA) is 86.4 Å². The monoisotopic (exact) mass is 562 g/mol. The van der Waals surface area contributed by atoms with Crippen LogP contribution < -0.4 is 16.0 Å². The highest BCUT2D eigenvalue weighted by Crippen LogP contribution is 2.42. The van der Waals surface area contributed by atoms with Crippen molar-refractivity contribution in [3.8, 4) is 11.3 Å². The summed E-state index contributed by atoms with van der Waals surface area (Å²) in [5.74, 6) is -0.542. The molecule has 2 saturated heterocycles. The number of rotatable bonds is 5. The summed E-state index contributed by atoms with van der Waals surface area (Å²) in [5, 5.41) is 0. The quantitative estimate of drug-likeness (QED) is 0.308. The SMILES string of the molecule is COC(=O)Cn1cccc(-c2nc3ccccc3n(C3C[C@H]4CCC[C@@H](C3)N4c3ccccccccc3)c2=O)c1=O. The molecule has 2 aliphatic rings. The first-order chi connectivity index (χ1) is 20.5. The molecule has 0 N–H and O–H groups in total. The number of anilines is 1. The Balaban J connectivity index is 1.44. The Hall–Kier alpha value is -4.72. The van der Waals surface area contributed by atoms with Gasteiger partial charge in [-0.3, -0.25) is 14.4 Å². The van der Waals surface area contributed by atoms with Gasteiger partial charge in [0.25, 0.3) is 11.1 Å². The largest absolute Gasteiger partial charge is 0.468 e. The van der Waals surface area contributed by atoms with E-state index in [-0.39, 0.29) is 41.5 Å². The van der Waals surface area contributed by atoms with E-state index in [1.807, 2.05) is 59.2 Å². The molecular weight excluding hydrogens is 528 g/mol. The van der Waals surface area contributed by atoms with Gasteiger partial charge < -0.3 is 18.8 Å². The zero-order valence-corrected chi connectivity index (χ0v) is 23.6. The molecule has 8 heteroatoms. The number of hydrogen-bond acceptors (Lipinski definition) is 6. The molecule has 0 saturated carbocycles. The predicted molar refractivity (Wildman–Crippen MR) is 164 cm³/mol. The van der Waals surface area contributed by atoms with E-state index >= 15 is 0 Å². The maximum atomic E-state index is 14.3. The number of para-hydroxylation sites is 2. The number of esters is 1. The minimum Gasteiger partial charge on any atom is -0.468 e. The third kappa shape index (κ3) is 5.32. The van der Waals surface area contributed by atoms with Crippen molar-refractivity contribution < 1.29 is 9.53 Å². The molecule has 214 valence electrons. The van der Waals surface area contributed by atoms with E-state index in [0.717, 1.165) is 37.6 Å². The van der Waals surface area contributed by atoms with Crippen molar-refractivity contribution in [2.45, 2.75) is 56.8 Å². The average molecular weight is 563 g/mol. The molecule has 0 radical (unpaired) electrons. The lowest BCUT2D eigenvalue weighted by Gasteiger charge is -2.50. The molecule has 3 atom stereocenters. The Kier molecular flexibility index (Phi) is 7.86. The standard InChI is InChI=1S/C34H34N4O4/c1-42-31(39)23-36-20-12-17-28(33(36)40)32-34(41)38(30-19-10-9-18-29(30)35-32)27-21-25-15-11-16-26(22-27)37(25)24-13-7-5-3-2-4-6-8-14-24/h2-10,12-14,17-20,25-27H,11,15-16,21-23H2,1H3/t25-,26+,27?. The van der Waals surface area contributed by atoms with Crippen LogP contribution in [0, 0.1) is 0 Å². The van der Waals surface area contributed by atoms with Gasteiger partial charge in [-0.1, -0.05) is 54.6 Å². The van der Waals surface area contributed by atoms with Gasteiger partial charge in [-0.25, -0.2) is 4.98 Å². The number of aromatic nitrogens is 3. The number of piperidine rings is 2. The molecule has 1 unspecified atom stereocenters. The fraction of sp³-hybridized carbons (Fsp3) is 0.294. The van der Waals surface area contributed by atoms with Crippen LogP contribution in [0.25, 0.3) is 22.3 Å². The van der Waals surface area contributed by atoms with Crippen LogP contribution in [-0.4, -0.2) is 39.3 Å². The Morgan fingerprint density at radius 3 is 2.14 bits per heavy atom. The van der Waals surface area contributed by atoms with Gasteiger partial charge in [-0.15, -0.1) is 0 Å². The summed E-state index contributed by atoms with van der Waals surface area (Å²) >= 11 is 0. The zero-order chi connectivity index (χ0) is 29.1. The van der Waals surface area contributed by atoms with Gasteiger partial charge >= 0.3 is 5.97 Å². The lowest BCUT2D eigenvalue weighted by molar-refractivity contribution is -0.141. The van der Waals surface area contributed by atoms with Crippen molar-refractivity contribution in [3.05, 3.63) is 118 Å². The Bertz CT molecular complexity index is 1760. The number of nitrogens with zero attached hydrogens (tertiary/aromatic N) is 4. The van der Waals surface area contributed by atoms with Crippen molar-refractivity contribution in [1.29, 1.82) is 0 Å². The molecule has 4 aromatic rings. The van der Waals surface area contributed by atoms with Gasteiger partial charge in [-0.2, -0.15) is 0 Å². The summed E-state index contributed by atoms with van der Waals surface area (Å²) in [5.41, 5.74) is 2.16. The van der Waals surface area contributed by atoms with Crippen molar-refractivity contribution >= 4 is 22.7 Å². The minimum atomic E-state index is -0.542. The molecule has 8 nitrogen and oxygen atoms in total. The number of fused-ring (bicyclic) bond motifs is 3. The second kappa shape index (κ2) is 12.0. The fourth-order valence-corrected chi connectivity index (χ4v) is 6.58. The second-order valence-corrected chi connectivity index (χ2v) is 10.9. The Morgan fingerprint density at radius 2 is 1.45 bits per heavy atom. The van der Waals surface area contributed by atoms with Crippen LogP contribution in [-0.2, 0) is 16.1 Å². The summed E-state index contributed by atoms with van der Waals surface area (Å²) in [7, 11) is 1.28. The third-order valence-corrected chi connectivity index (χ3v) is 8.41. The van der Waals surface area contributed by atoms with E-state index in [0.29, 0.717) is 5.52 Å². The van der Waals surface area contributed by atoms with Gasteiger partial charge in [0.1, 0.15) is 12.2 Å². The minimum absolute atomic E-state index is 0.0424. The number of hydrogen-bond donors (Lipinski definition) is 0. The molecule has 6 rings (SSSR count). The highest BCUT2D eigenvalue weighted by Gasteiger charge is 2.40. The molecule has 2 aliphatic heterocycles. The van der Waals surface area contributed by atoms with Crippen LogP contribution >= 0.6 is 0 Å². The summed E-state index contributed by atoms with van der Waals surface area (Å²) in [6, 6.07) is 30.0. The molecule has 42 heavy (non-hydrogen) atoms. The van der Waals surface area contributed by atoms with Crippen molar-refractivity contribution in [3.63, 3.8) is 0 Å². The first-order valence-electron chi connectivity index (χ1n) is 14.5. The normalized spacial score (nSPS) is 19.6. The van der Waals surface area contributed by atoms with E-state index in [1.54, 1.807) is 12.1 Å². The van der Waals surface area contributed by atoms with E-state index in [4.69, 9.17) is 4.74 Å².